The highest BCUT2D eigenvalue weighted by Gasteiger charge is 2.17. The Morgan fingerprint density at radius 3 is 2.95 bits per heavy atom. The first-order chi connectivity index (χ1) is 9.33. The molecule has 0 aromatic heterocycles. The fourth-order valence-corrected chi connectivity index (χ4v) is 2.53. The number of nitrogens with zero attached hydrogens (tertiary/aromatic N) is 1. The SMILES string of the molecule is CCCNC(CC)CN1CCOc2ccccc2C1. The zero-order chi connectivity index (χ0) is 13.5. The third kappa shape index (κ3) is 4.22. The predicted octanol–water partition coefficient (Wildman–Crippen LogP) is 2.66. The molecule has 0 radical (unpaired) electrons. The maximum atomic E-state index is 5.81. The quantitative estimate of drug-likeness (QED) is 0.853. The summed E-state index contributed by atoms with van der Waals surface area (Å²) < 4.78 is 5.81. The van der Waals surface area contributed by atoms with E-state index < -0.39 is 0 Å². The van der Waals surface area contributed by atoms with Gasteiger partial charge in [0.15, 0.2) is 0 Å². The van der Waals surface area contributed by atoms with Crippen molar-refractivity contribution in [3.05, 3.63) is 29.8 Å². The van der Waals surface area contributed by atoms with Crippen molar-refractivity contribution in [2.24, 2.45) is 0 Å². The normalized spacial score (nSPS) is 17.4. The van der Waals surface area contributed by atoms with Gasteiger partial charge in [-0.15, -0.1) is 0 Å². The van der Waals surface area contributed by atoms with Gasteiger partial charge in [0.05, 0.1) is 0 Å². The van der Waals surface area contributed by atoms with Crippen LogP contribution in [0.2, 0.25) is 0 Å². The van der Waals surface area contributed by atoms with Crippen LogP contribution in [0.4, 0.5) is 0 Å². The Labute approximate surface area is 116 Å². The van der Waals surface area contributed by atoms with E-state index in [2.05, 4.69) is 42.3 Å². The van der Waals surface area contributed by atoms with Crippen molar-refractivity contribution in [1.29, 1.82) is 0 Å². The van der Waals surface area contributed by atoms with Crippen molar-refractivity contribution in [2.75, 3.05) is 26.2 Å². The van der Waals surface area contributed by atoms with Gasteiger partial charge in [-0.1, -0.05) is 32.0 Å². The molecule has 0 bridgehead atoms. The average molecular weight is 262 g/mol. The van der Waals surface area contributed by atoms with Crippen LogP contribution in [0.15, 0.2) is 24.3 Å². The van der Waals surface area contributed by atoms with Gasteiger partial charge in [0.2, 0.25) is 0 Å². The Bertz CT molecular complexity index is 381. The van der Waals surface area contributed by atoms with Crippen molar-refractivity contribution in [3.8, 4) is 5.75 Å². The molecule has 106 valence electrons. The molecule has 1 aliphatic heterocycles. The van der Waals surface area contributed by atoms with Crippen molar-refractivity contribution in [3.63, 3.8) is 0 Å². The molecular formula is C16H26N2O. The molecule has 1 unspecified atom stereocenters. The van der Waals surface area contributed by atoms with Gasteiger partial charge in [-0.25, -0.2) is 0 Å². The third-order valence-electron chi connectivity index (χ3n) is 3.69. The highest BCUT2D eigenvalue weighted by Crippen LogP contribution is 2.22. The Hall–Kier alpha value is -1.06. The van der Waals surface area contributed by atoms with Gasteiger partial charge in [-0.3, -0.25) is 4.90 Å². The molecule has 3 heteroatoms. The maximum Gasteiger partial charge on any atom is 0.123 e. The minimum absolute atomic E-state index is 0.588. The van der Waals surface area contributed by atoms with Crippen LogP contribution >= 0.6 is 0 Å². The zero-order valence-corrected chi connectivity index (χ0v) is 12.2. The molecular weight excluding hydrogens is 236 g/mol. The molecule has 2 rings (SSSR count). The van der Waals surface area contributed by atoms with Gasteiger partial charge >= 0.3 is 0 Å². The summed E-state index contributed by atoms with van der Waals surface area (Å²) in [6.07, 6.45) is 2.38. The topological polar surface area (TPSA) is 24.5 Å². The third-order valence-corrected chi connectivity index (χ3v) is 3.69. The van der Waals surface area contributed by atoms with E-state index >= 15 is 0 Å². The molecule has 1 aliphatic rings. The molecule has 19 heavy (non-hydrogen) atoms. The number of hydrogen-bond donors (Lipinski definition) is 1. The van der Waals surface area contributed by atoms with E-state index in [0.717, 1.165) is 38.5 Å². The Kier molecular flexibility index (Phi) is 5.67. The van der Waals surface area contributed by atoms with Crippen LogP contribution in [0.3, 0.4) is 0 Å². The molecule has 1 N–H and O–H groups in total. The minimum atomic E-state index is 0.588. The molecule has 1 heterocycles. The fraction of sp³-hybridized carbons (Fsp3) is 0.625. The fourth-order valence-electron chi connectivity index (χ4n) is 2.53. The molecule has 0 fully saturated rings. The van der Waals surface area contributed by atoms with Gasteiger partial charge in [-0.05, 0) is 25.5 Å². The lowest BCUT2D eigenvalue weighted by Crippen LogP contribution is -2.41. The molecule has 1 aromatic rings. The summed E-state index contributed by atoms with van der Waals surface area (Å²) in [6.45, 7) is 9.50. The lowest BCUT2D eigenvalue weighted by atomic mass is 10.1. The average Bonchev–Trinajstić information content (AvgIpc) is 2.64. The standard InChI is InChI=1S/C16H26N2O/c1-3-9-17-15(4-2)13-18-10-11-19-16-8-6-5-7-14(16)12-18/h5-8,15,17H,3-4,9-13H2,1-2H3. The summed E-state index contributed by atoms with van der Waals surface area (Å²) in [6, 6.07) is 8.98. The van der Waals surface area contributed by atoms with Crippen LogP contribution in [0, 0.1) is 0 Å². The number of ether oxygens (including phenoxy) is 1. The van der Waals surface area contributed by atoms with Crippen LogP contribution < -0.4 is 10.1 Å². The van der Waals surface area contributed by atoms with Gasteiger partial charge in [-0.2, -0.15) is 0 Å². The number of rotatable bonds is 6. The Balaban J connectivity index is 1.94. The molecule has 0 saturated carbocycles. The molecule has 0 amide bonds. The monoisotopic (exact) mass is 262 g/mol. The van der Waals surface area contributed by atoms with Crippen molar-refractivity contribution < 1.29 is 4.74 Å². The minimum Gasteiger partial charge on any atom is -0.492 e. The van der Waals surface area contributed by atoms with E-state index in [-0.39, 0.29) is 0 Å². The number of fused-ring (bicyclic) bond motifs is 1. The maximum absolute atomic E-state index is 5.81. The highest BCUT2D eigenvalue weighted by atomic mass is 16.5. The largest absolute Gasteiger partial charge is 0.492 e. The summed E-state index contributed by atoms with van der Waals surface area (Å²) in [7, 11) is 0. The number of benzene rings is 1. The van der Waals surface area contributed by atoms with Crippen molar-refractivity contribution in [1.82, 2.24) is 10.2 Å². The second-order valence-electron chi connectivity index (χ2n) is 5.25. The van der Waals surface area contributed by atoms with Crippen molar-refractivity contribution in [2.45, 2.75) is 39.3 Å². The van der Waals surface area contributed by atoms with Crippen LogP contribution in [0.5, 0.6) is 5.75 Å². The molecule has 0 aliphatic carbocycles. The van der Waals surface area contributed by atoms with Gasteiger partial charge in [0.25, 0.3) is 0 Å². The molecule has 1 atom stereocenters. The first-order valence-corrected chi connectivity index (χ1v) is 7.50. The molecule has 0 saturated heterocycles. The number of hydrogen-bond acceptors (Lipinski definition) is 3. The van der Waals surface area contributed by atoms with Crippen LogP contribution in [-0.2, 0) is 6.54 Å². The van der Waals surface area contributed by atoms with E-state index in [1.165, 1.54) is 18.4 Å². The van der Waals surface area contributed by atoms with Crippen LogP contribution in [0.1, 0.15) is 32.3 Å². The zero-order valence-electron chi connectivity index (χ0n) is 12.2. The summed E-state index contributed by atoms with van der Waals surface area (Å²) >= 11 is 0. The predicted molar refractivity (Wildman–Crippen MR) is 79.6 cm³/mol. The molecule has 1 aromatic carbocycles. The molecule has 0 spiro atoms. The lowest BCUT2D eigenvalue weighted by molar-refractivity contribution is 0.204. The summed E-state index contributed by atoms with van der Waals surface area (Å²) in [4.78, 5) is 2.50. The highest BCUT2D eigenvalue weighted by molar-refractivity contribution is 5.33. The smallest absolute Gasteiger partial charge is 0.123 e. The first-order valence-electron chi connectivity index (χ1n) is 7.50. The van der Waals surface area contributed by atoms with Crippen molar-refractivity contribution >= 4 is 0 Å². The second kappa shape index (κ2) is 7.51. The van der Waals surface area contributed by atoms with Gasteiger partial charge in [0, 0.05) is 31.2 Å². The van der Waals surface area contributed by atoms with E-state index in [1.807, 2.05) is 6.07 Å². The number of nitrogens with one attached hydrogen (secondary N) is 1. The second-order valence-corrected chi connectivity index (χ2v) is 5.25. The lowest BCUT2D eigenvalue weighted by Gasteiger charge is -2.26. The van der Waals surface area contributed by atoms with E-state index in [4.69, 9.17) is 4.74 Å². The summed E-state index contributed by atoms with van der Waals surface area (Å²) in [5.74, 6) is 1.06. The Morgan fingerprint density at radius 2 is 2.16 bits per heavy atom. The van der Waals surface area contributed by atoms with Gasteiger partial charge in [0.1, 0.15) is 12.4 Å². The summed E-state index contributed by atoms with van der Waals surface area (Å²) in [5.41, 5.74) is 1.31. The van der Waals surface area contributed by atoms with Crippen LogP contribution in [0.25, 0.3) is 0 Å². The first kappa shape index (κ1) is 14.4. The number of para-hydroxylation sites is 1. The van der Waals surface area contributed by atoms with E-state index in [9.17, 15) is 0 Å². The van der Waals surface area contributed by atoms with E-state index in [0.29, 0.717) is 6.04 Å². The van der Waals surface area contributed by atoms with Crippen LogP contribution in [-0.4, -0.2) is 37.2 Å². The molecule has 3 nitrogen and oxygen atoms in total. The van der Waals surface area contributed by atoms with Gasteiger partial charge < -0.3 is 10.1 Å². The Morgan fingerprint density at radius 1 is 1.32 bits per heavy atom. The summed E-state index contributed by atoms with van der Waals surface area (Å²) in [5, 5.41) is 3.63. The van der Waals surface area contributed by atoms with E-state index in [1.54, 1.807) is 0 Å².